The maximum absolute atomic E-state index is 6.47. The van der Waals surface area contributed by atoms with Crippen LogP contribution in [0.3, 0.4) is 0 Å². The fourth-order valence-electron chi connectivity index (χ4n) is 3.53. The molecule has 1 aliphatic rings. The van der Waals surface area contributed by atoms with E-state index >= 15 is 0 Å². The number of fused-ring (bicyclic) bond motifs is 1. The zero-order chi connectivity index (χ0) is 19.5. The summed E-state index contributed by atoms with van der Waals surface area (Å²) in [6, 6.07) is 4.23. The van der Waals surface area contributed by atoms with Gasteiger partial charge >= 0.3 is 0 Å². The molecule has 0 saturated carbocycles. The first kappa shape index (κ1) is 18.7. The van der Waals surface area contributed by atoms with Gasteiger partial charge in [-0.2, -0.15) is 0 Å². The van der Waals surface area contributed by atoms with Crippen LogP contribution in [0.4, 0.5) is 11.4 Å². The number of hydrogen-bond acceptors (Lipinski definition) is 7. The minimum Gasteiger partial charge on any atom is -0.493 e. The summed E-state index contributed by atoms with van der Waals surface area (Å²) in [5, 5.41) is 7.62. The van der Waals surface area contributed by atoms with Gasteiger partial charge < -0.3 is 20.3 Å². The maximum Gasteiger partial charge on any atom is 0.162 e. The fraction of sp³-hybridized carbons (Fsp3) is 0.350. The predicted octanol–water partition coefficient (Wildman–Crippen LogP) is 3.10. The normalized spacial score (nSPS) is 17.0. The molecule has 1 aliphatic heterocycles. The van der Waals surface area contributed by atoms with Crippen LogP contribution in [0.15, 0.2) is 36.9 Å². The fourth-order valence-corrected chi connectivity index (χ4v) is 3.75. The lowest BCUT2D eigenvalue weighted by Crippen LogP contribution is -2.49. The van der Waals surface area contributed by atoms with E-state index in [1.54, 1.807) is 25.7 Å². The Bertz CT molecular complexity index is 982. The van der Waals surface area contributed by atoms with Crippen LogP contribution < -0.4 is 20.3 Å². The molecule has 1 fully saturated rings. The molecule has 0 unspecified atom stereocenters. The first-order valence-electron chi connectivity index (χ1n) is 9.29. The van der Waals surface area contributed by atoms with Gasteiger partial charge in [0.15, 0.2) is 5.75 Å². The van der Waals surface area contributed by atoms with Gasteiger partial charge in [-0.25, -0.2) is 0 Å². The molecule has 146 valence electrons. The van der Waals surface area contributed by atoms with Gasteiger partial charge in [-0.3, -0.25) is 15.0 Å². The average Bonchev–Trinajstić information content (AvgIpc) is 2.71. The van der Waals surface area contributed by atoms with Gasteiger partial charge in [0, 0.05) is 49.6 Å². The lowest BCUT2D eigenvalue weighted by molar-refractivity contribution is 0.408. The Morgan fingerprint density at radius 1 is 1.25 bits per heavy atom. The molecule has 8 heteroatoms. The number of piperazine rings is 1. The first-order valence-corrected chi connectivity index (χ1v) is 9.67. The van der Waals surface area contributed by atoms with Crippen LogP contribution in [-0.2, 0) is 6.54 Å². The third-order valence-electron chi connectivity index (χ3n) is 4.90. The average molecular weight is 399 g/mol. The summed E-state index contributed by atoms with van der Waals surface area (Å²) < 4.78 is 5.60. The second-order valence-electron chi connectivity index (χ2n) is 6.88. The molecule has 2 aromatic heterocycles. The minimum atomic E-state index is 0.410. The van der Waals surface area contributed by atoms with Crippen molar-refractivity contribution in [2.24, 2.45) is 0 Å². The summed E-state index contributed by atoms with van der Waals surface area (Å²) in [5.41, 5.74) is 4.52. The Morgan fingerprint density at radius 3 is 2.79 bits per heavy atom. The number of pyridine rings is 1. The summed E-state index contributed by atoms with van der Waals surface area (Å²) in [6.07, 6.45) is 6.94. The second kappa shape index (κ2) is 8.16. The highest BCUT2D eigenvalue weighted by atomic mass is 35.5. The third-order valence-corrected chi connectivity index (χ3v) is 5.25. The van der Waals surface area contributed by atoms with Crippen LogP contribution >= 0.6 is 11.6 Å². The predicted molar refractivity (Wildman–Crippen MR) is 112 cm³/mol. The molecule has 3 aromatic rings. The van der Waals surface area contributed by atoms with Gasteiger partial charge in [0.2, 0.25) is 0 Å². The molecule has 1 aromatic carbocycles. The van der Waals surface area contributed by atoms with E-state index in [0.29, 0.717) is 17.6 Å². The lowest BCUT2D eigenvalue weighted by Gasteiger charge is -2.35. The van der Waals surface area contributed by atoms with Gasteiger partial charge in [0.25, 0.3) is 0 Å². The first-order chi connectivity index (χ1) is 13.7. The maximum atomic E-state index is 6.47. The van der Waals surface area contributed by atoms with E-state index in [9.17, 15) is 0 Å². The van der Waals surface area contributed by atoms with Crippen molar-refractivity contribution in [2.75, 3.05) is 37.0 Å². The molecule has 7 nitrogen and oxygen atoms in total. The number of methoxy groups -OCH3 is 1. The van der Waals surface area contributed by atoms with Gasteiger partial charge in [-0.1, -0.05) is 11.6 Å². The summed E-state index contributed by atoms with van der Waals surface area (Å²) in [7, 11) is 1.68. The molecule has 0 amide bonds. The minimum absolute atomic E-state index is 0.410. The van der Waals surface area contributed by atoms with Crippen LogP contribution in [0.25, 0.3) is 11.0 Å². The molecule has 1 atom stereocenters. The van der Waals surface area contributed by atoms with Gasteiger partial charge in [0.1, 0.15) is 5.69 Å². The Balaban J connectivity index is 1.62. The molecule has 28 heavy (non-hydrogen) atoms. The highest BCUT2D eigenvalue weighted by Gasteiger charge is 2.22. The zero-order valence-corrected chi connectivity index (χ0v) is 16.7. The number of halogens is 1. The number of ether oxygens (including phenoxy) is 1. The van der Waals surface area contributed by atoms with Crippen molar-refractivity contribution in [2.45, 2.75) is 19.5 Å². The number of rotatable bonds is 5. The number of anilines is 2. The van der Waals surface area contributed by atoms with Crippen molar-refractivity contribution in [3.63, 3.8) is 0 Å². The standard InChI is InChI=1S/C20H23ClN6O/c1-13-12-27(6-5-23-13)20-18(10-22-11-19(20)28-2)26-9-14-7-16-17(8-15(14)21)25-4-3-24-16/h3-4,7-8,10-11,13,23,26H,5-6,9,12H2,1-2H3/t13-/m0/s1. The van der Waals surface area contributed by atoms with Crippen molar-refractivity contribution in [3.05, 3.63) is 47.5 Å². The van der Waals surface area contributed by atoms with Crippen LogP contribution in [0.5, 0.6) is 5.75 Å². The van der Waals surface area contributed by atoms with Gasteiger partial charge in [-0.05, 0) is 24.6 Å². The van der Waals surface area contributed by atoms with Crippen LogP contribution in [0.1, 0.15) is 12.5 Å². The molecule has 4 rings (SSSR count). The van der Waals surface area contributed by atoms with E-state index in [0.717, 1.165) is 53.4 Å². The Kier molecular flexibility index (Phi) is 5.45. The van der Waals surface area contributed by atoms with Gasteiger partial charge in [0.05, 0.1) is 36.2 Å². The number of hydrogen-bond donors (Lipinski definition) is 2. The number of nitrogens with one attached hydrogen (secondary N) is 2. The summed E-state index contributed by atoms with van der Waals surface area (Å²) in [6.45, 7) is 5.48. The summed E-state index contributed by atoms with van der Waals surface area (Å²) in [5.74, 6) is 0.759. The Labute approximate surface area is 169 Å². The van der Waals surface area contributed by atoms with E-state index in [1.165, 1.54) is 0 Å². The second-order valence-corrected chi connectivity index (χ2v) is 7.29. The van der Waals surface area contributed by atoms with Crippen molar-refractivity contribution in [1.29, 1.82) is 0 Å². The third kappa shape index (κ3) is 3.81. The van der Waals surface area contributed by atoms with E-state index in [2.05, 4.69) is 37.4 Å². The molecule has 0 spiro atoms. The van der Waals surface area contributed by atoms with Crippen LogP contribution in [-0.4, -0.2) is 47.7 Å². The number of aromatic nitrogens is 3. The zero-order valence-electron chi connectivity index (χ0n) is 15.9. The van der Waals surface area contributed by atoms with Gasteiger partial charge in [-0.15, -0.1) is 0 Å². The van der Waals surface area contributed by atoms with Crippen molar-refractivity contribution in [3.8, 4) is 5.75 Å². The molecular weight excluding hydrogens is 376 g/mol. The van der Waals surface area contributed by atoms with Crippen molar-refractivity contribution in [1.82, 2.24) is 20.3 Å². The molecule has 3 heterocycles. The number of benzene rings is 1. The van der Waals surface area contributed by atoms with E-state index in [4.69, 9.17) is 16.3 Å². The molecule has 0 radical (unpaired) electrons. The van der Waals surface area contributed by atoms with E-state index in [1.807, 2.05) is 18.3 Å². The molecule has 0 bridgehead atoms. The largest absolute Gasteiger partial charge is 0.493 e. The van der Waals surface area contributed by atoms with E-state index in [-0.39, 0.29) is 0 Å². The monoisotopic (exact) mass is 398 g/mol. The van der Waals surface area contributed by atoms with E-state index < -0.39 is 0 Å². The molecule has 1 saturated heterocycles. The Morgan fingerprint density at radius 2 is 2.04 bits per heavy atom. The molecule has 2 N–H and O–H groups in total. The molecule has 0 aliphatic carbocycles. The van der Waals surface area contributed by atoms with Crippen LogP contribution in [0, 0.1) is 0 Å². The SMILES string of the molecule is COc1cncc(NCc2cc3nccnc3cc2Cl)c1N1CCN[C@@H](C)C1. The Hall–Kier alpha value is -2.64. The summed E-state index contributed by atoms with van der Waals surface area (Å²) in [4.78, 5) is 15.3. The highest BCUT2D eigenvalue weighted by Crippen LogP contribution is 2.36. The van der Waals surface area contributed by atoms with Crippen molar-refractivity contribution < 1.29 is 4.74 Å². The summed E-state index contributed by atoms with van der Waals surface area (Å²) >= 11 is 6.47. The topological polar surface area (TPSA) is 75.2 Å². The van der Waals surface area contributed by atoms with Crippen molar-refractivity contribution >= 4 is 34.0 Å². The quantitative estimate of drug-likeness (QED) is 0.683. The lowest BCUT2D eigenvalue weighted by atomic mass is 10.1. The van der Waals surface area contributed by atoms with Crippen LogP contribution in [0.2, 0.25) is 5.02 Å². The highest BCUT2D eigenvalue weighted by molar-refractivity contribution is 6.32. The smallest absolute Gasteiger partial charge is 0.162 e. The number of nitrogens with zero attached hydrogens (tertiary/aromatic N) is 4. The molecular formula is C20H23ClN6O.